The highest BCUT2D eigenvalue weighted by Gasteiger charge is 2.21. The van der Waals surface area contributed by atoms with Crippen LogP contribution in [0.15, 0.2) is 29.2 Å². The second-order valence-electron chi connectivity index (χ2n) is 3.72. The standard InChI is InChI=1S/C11H7N5OS2/c17-10-8(19-11(18)12-10)5-6-1-3-7(4-2-6)9-13-15-16-14-9/h1-5H,(H,12,17,18)(H,13,14,15,16)/b8-5-. The van der Waals surface area contributed by atoms with Gasteiger partial charge in [-0.3, -0.25) is 4.79 Å². The van der Waals surface area contributed by atoms with Crippen molar-refractivity contribution in [1.82, 2.24) is 25.9 Å². The van der Waals surface area contributed by atoms with Crippen molar-refractivity contribution in [3.8, 4) is 11.4 Å². The second-order valence-corrected chi connectivity index (χ2v) is 5.44. The maximum atomic E-state index is 11.5. The van der Waals surface area contributed by atoms with E-state index < -0.39 is 0 Å². The van der Waals surface area contributed by atoms with E-state index in [4.69, 9.17) is 12.2 Å². The van der Waals surface area contributed by atoms with Crippen LogP contribution < -0.4 is 5.32 Å². The lowest BCUT2D eigenvalue weighted by Crippen LogP contribution is -2.17. The average molecular weight is 289 g/mol. The van der Waals surface area contributed by atoms with Crippen LogP contribution in [-0.4, -0.2) is 30.9 Å². The molecular weight excluding hydrogens is 282 g/mol. The Morgan fingerprint density at radius 3 is 2.63 bits per heavy atom. The Balaban J connectivity index is 1.86. The van der Waals surface area contributed by atoms with E-state index in [-0.39, 0.29) is 5.91 Å². The summed E-state index contributed by atoms with van der Waals surface area (Å²) in [4.78, 5) is 12.1. The van der Waals surface area contributed by atoms with E-state index >= 15 is 0 Å². The molecule has 1 saturated heterocycles. The molecule has 0 radical (unpaired) electrons. The minimum atomic E-state index is -0.154. The van der Waals surface area contributed by atoms with Gasteiger partial charge >= 0.3 is 0 Å². The first kappa shape index (κ1) is 12.0. The van der Waals surface area contributed by atoms with E-state index in [9.17, 15) is 4.79 Å². The highest BCUT2D eigenvalue weighted by atomic mass is 32.2. The minimum absolute atomic E-state index is 0.154. The van der Waals surface area contributed by atoms with Crippen LogP contribution in [0.25, 0.3) is 17.5 Å². The van der Waals surface area contributed by atoms with Crippen molar-refractivity contribution in [2.75, 3.05) is 0 Å². The summed E-state index contributed by atoms with van der Waals surface area (Å²) in [6.07, 6.45) is 1.79. The normalized spacial score (nSPS) is 16.9. The number of rotatable bonds is 2. The lowest BCUT2D eigenvalue weighted by atomic mass is 10.1. The van der Waals surface area contributed by atoms with Crippen LogP contribution in [0.2, 0.25) is 0 Å². The van der Waals surface area contributed by atoms with Gasteiger partial charge in [-0.25, -0.2) is 5.10 Å². The number of aromatic amines is 1. The zero-order valence-electron chi connectivity index (χ0n) is 9.45. The number of benzene rings is 1. The molecule has 0 unspecified atom stereocenters. The molecule has 0 spiro atoms. The van der Waals surface area contributed by atoms with Crippen LogP contribution in [0.5, 0.6) is 0 Å². The van der Waals surface area contributed by atoms with Crippen molar-refractivity contribution >= 4 is 40.3 Å². The molecule has 1 aliphatic rings. The number of amides is 1. The summed E-state index contributed by atoms with van der Waals surface area (Å²) in [5.41, 5.74) is 1.80. The Bertz CT molecular complexity index is 663. The van der Waals surface area contributed by atoms with E-state index in [0.717, 1.165) is 11.1 Å². The lowest BCUT2D eigenvalue weighted by molar-refractivity contribution is -0.115. The second kappa shape index (κ2) is 4.90. The lowest BCUT2D eigenvalue weighted by Gasteiger charge is -1.97. The van der Waals surface area contributed by atoms with Gasteiger partial charge < -0.3 is 5.32 Å². The zero-order chi connectivity index (χ0) is 13.2. The average Bonchev–Trinajstić information content (AvgIpc) is 3.01. The van der Waals surface area contributed by atoms with Crippen LogP contribution >= 0.6 is 24.0 Å². The van der Waals surface area contributed by atoms with Gasteiger partial charge in [0.15, 0.2) is 5.82 Å². The SMILES string of the molecule is O=C1NC(=S)S/C1=C\c1ccc(-c2nnn[nH]2)cc1. The molecule has 1 amide bonds. The molecule has 8 heteroatoms. The molecule has 1 aromatic carbocycles. The smallest absolute Gasteiger partial charge is 0.263 e. The largest absolute Gasteiger partial charge is 0.307 e. The number of carbonyl (C=O) groups is 1. The van der Waals surface area contributed by atoms with Gasteiger partial charge in [0, 0.05) is 5.56 Å². The van der Waals surface area contributed by atoms with Gasteiger partial charge in [0.1, 0.15) is 4.32 Å². The van der Waals surface area contributed by atoms with Gasteiger partial charge in [0.2, 0.25) is 0 Å². The molecule has 0 saturated carbocycles. The fraction of sp³-hybridized carbons (Fsp3) is 0. The highest BCUT2D eigenvalue weighted by molar-refractivity contribution is 8.26. The van der Waals surface area contributed by atoms with Gasteiger partial charge in [0.05, 0.1) is 4.91 Å². The first-order valence-corrected chi connectivity index (χ1v) is 6.54. The summed E-state index contributed by atoms with van der Waals surface area (Å²) >= 11 is 6.19. The van der Waals surface area contributed by atoms with Gasteiger partial charge in [-0.05, 0) is 22.1 Å². The molecule has 1 aromatic heterocycles. The van der Waals surface area contributed by atoms with Crippen LogP contribution in [0.1, 0.15) is 5.56 Å². The van der Waals surface area contributed by atoms with Crippen molar-refractivity contribution in [1.29, 1.82) is 0 Å². The summed E-state index contributed by atoms with van der Waals surface area (Å²) in [5, 5.41) is 16.1. The Morgan fingerprint density at radius 2 is 2.05 bits per heavy atom. The van der Waals surface area contributed by atoms with Crippen molar-refractivity contribution in [2.45, 2.75) is 0 Å². The van der Waals surface area contributed by atoms with E-state index in [0.29, 0.717) is 15.1 Å². The number of thiocarbonyl (C=S) groups is 1. The number of thioether (sulfide) groups is 1. The third kappa shape index (κ3) is 2.54. The maximum absolute atomic E-state index is 11.5. The van der Waals surface area contributed by atoms with Crippen molar-refractivity contribution in [3.63, 3.8) is 0 Å². The number of hydrogen-bond donors (Lipinski definition) is 2. The summed E-state index contributed by atoms with van der Waals surface area (Å²) in [5.74, 6) is 0.451. The van der Waals surface area contributed by atoms with E-state index in [1.807, 2.05) is 24.3 Å². The first-order chi connectivity index (χ1) is 9.22. The zero-order valence-corrected chi connectivity index (χ0v) is 11.1. The van der Waals surface area contributed by atoms with E-state index in [1.54, 1.807) is 6.08 Å². The molecule has 1 fully saturated rings. The number of aromatic nitrogens is 4. The van der Waals surface area contributed by atoms with Gasteiger partial charge in [-0.15, -0.1) is 5.10 Å². The molecule has 0 atom stereocenters. The molecule has 94 valence electrons. The highest BCUT2D eigenvalue weighted by Crippen LogP contribution is 2.26. The summed E-state index contributed by atoms with van der Waals surface area (Å²) < 4.78 is 0.487. The third-order valence-electron chi connectivity index (χ3n) is 2.47. The maximum Gasteiger partial charge on any atom is 0.263 e. The quantitative estimate of drug-likeness (QED) is 0.641. The van der Waals surface area contributed by atoms with Gasteiger partial charge in [0.25, 0.3) is 5.91 Å². The molecule has 2 heterocycles. The fourth-order valence-electron chi connectivity index (χ4n) is 1.59. The molecule has 0 aliphatic carbocycles. The Labute approximate surface area is 117 Å². The number of tetrazole rings is 1. The van der Waals surface area contributed by atoms with E-state index in [2.05, 4.69) is 25.9 Å². The molecule has 19 heavy (non-hydrogen) atoms. The Kier molecular flexibility index (Phi) is 3.10. The van der Waals surface area contributed by atoms with Gasteiger partial charge in [-0.1, -0.05) is 48.2 Å². The number of H-pyrrole nitrogens is 1. The van der Waals surface area contributed by atoms with Crippen LogP contribution in [0, 0.1) is 0 Å². The molecule has 6 nitrogen and oxygen atoms in total. The fourth-order valence-corrected chi connectivity index (χ4v) is 2.64. The molecule has 2 N–H and O–H groups in total. The number of nitrogens with zero attached hydrogens (tertiary/aromatic N) is 3. The minimum Gasteiger partial charge on any atom is -0.307 e. The van der Waals surface area contributed by atoms with Crippen molar-refractivity contribution < 1.29 is 4.79 Å². The number of hydrogen-bond acceptors (Lipinski definition) is 6. The molecule has 2 aromatic rings. The summed E-state index contributed by atoms with van der Waals surface area (Å²) in [6, 6.07) is 7.54. The first-order valence-electron chi connectivity index (χ1n) is 5.31. The van der Waals surface area contributed by atoms with E-state index in [1.165, 1.54) is 11.8 Å². The molecular formula is C11H7N5OS2. The molecule has 0 bridgehead atoms. The van der Waals surface area contributed by atoms with Crippen LogP contribution in [-0.2, 0) is 4.79 Å². The summed E-state index contributed by atoms with van der Waals surface area (Å²) in [6.45, 7) is 0. The number of carbonyl (C=O) groups excluding carboxylic acids is 1. The Hall–Kier alpha value is -2.06. The Morgan fingerprint density at radius 1 is 1.26 bits per heavy atom. The van der Waals surface area contributed by atoms with Gasteiger partial charge in [-0.2, -0.15) is 0 Å². The summed E-state index contributed by atoms with van der Waals surface area (Å²) in [7, 11) is 0. The predicted molar refractivity (Wildman–Crippen MR) is 75.9 cm³/mol. The topological polar surface area (TPSA) is 83.6 Å². The van der Waals surface area contributed by atoms with Crippen molar-refractivity contribution in [3.05, 3.63) is 34.7 Å². The molecule has 3 rings (SSSR count). The predicted octanol–water partition coefficient (Wildman–Crippen LogP) is 1.36. The number of nitrogens with one attached hydrogen (secondary N) is 2. The van der Waals surface area contributed by atoms with Crippen LogP contribution in [0.4, 0.5) is 0 Å². The van der Waals surface area contributed by atoms with Crippen molar-refractivity contribution in [2.24, 2.45) is 0 Å². The molecule has 1 aliphatic heterocycles. The monoisotopic (exact) mass is 289 g/mol. The van der Waals surface area contributed by atoms with Crippen LogP contribution in [0.3, 0.4) is 0 Å². The third-order valence-corrected chi connectivity index (χ3v) is 3.63.